The van der Waals surface area contributed by atoms with Gasteiger partial charge in [0.2, 0.25) is 0 Å². The van der Waals surface area contributed by atoms with Gasteiger partial charge in [-0.15, -0.1) is 0 Å². The van der Waals surface area contributed by atoms with Crippen LogP contribution in [0.25, 0.3) is 0 Å². The van der Waals surface area contributed by atoms with E-state index in [1.807, 2.05) is 13.8 Å². The molecular weight excluding hydrogens is 279 g/mol. The molecule has 1 aliphatic rings. The molecule has 1 fully saturated rings. The van der Waals surface area contributed by atoms with Gasteiger partial charge in [0.05, 0.1) is 29.3 Å². The van der Waals surface area contributed by atoms with Crippen LogP contribution in [-0.4, -0.2) is 23.1 Å². The molecule has 0 aromatic carbocycles. The molecule has 1 aliphatic heterocycles. The zero-order chi connectivity index (χ0) is 15.5. The molecule has 0 aliphatic carbocycles. The number of hydrogen-bond acceptors (Lipinski definition) is 4. The normalized spacial score (nSPS) is 15.9. The molecule has 1 atom stereocenters. The second-order valence-corrected chi connectivity index (χ2v) is 5.76. The number of aryl methyl sites for hydroxylation is 1. The molecule has 1 saturated heterocycles. The van der Waals surface area contributed by atoms with Crippen LogP contribution in [-0.2, 0) is 0 Å². The van der Waals surface area contributed by atoms with E-state index < -0.39 is 0 Å². The first-order valence-electron chi connectivity index (χ1n) is 7.74. The van der Waals surface area contributed by atoms with Crippen molar-refractivity contribution in [1.29, 1.82) is 0 Å². The van der Waals surface area contributed by atoms with Gasteiger partial charge in [0.1, 0.15) is 11.6 Å². The van der Waals surface area contributed by atoms with Gasteiger partial charge >= 0.3 is 0 Å². The molecule has 1 unspecified atom stereocenters. The Morgan fingerprint density at radius 3 is 2.59 bits per heavy atom. The minimum Gasteiger partial charge on any atom is -0.375 e. The molecule has 0 spiro atoms. The van der Waals surface area contributed by atoms with Gasteiger partial charge in [-0.1, -0.05) is 0 Å². The van der Waals surface area contributed by atoms with Crippen molar-refractivity contribution in [3.05, 3.63) is 47.7 Å². The Kier molecular flexibility index (Phi) is 4.22. The number of anilines is 2. The average molecular weight is 300 g/mol. The van der Waals surface area contributed by atoms with E-state index in [9.17, 15) is 4.39 Å². The third-order valence-corrected chi connectivity index (χ3v) is 4.07. The fraction of sp³-hybridized carbons (Fsp3) is 0.412. The van der Waals surface area contributed by atoms with Crippen LogP contribution in [0.2, 0.25) is 0 Å². The average Bonchev–Trinajstić information content (AvgIpc) is 3.04. The Morgan fingerprint density at radius 1 is 1.18 bits per heavy atom. The van der Waals surface area contributed by atoms with E-state index in [4.69, 9.17) is 4.98 Å². The number of halogens is 1. The summed E-state index contributed by atoms with van der Waals surface area (Å²) < 4.78 is 12.9. The Bertz CT molecular complexity index is 636. The molecule has 2 aromatic rings. The lowest BCUT2D eigenvalue weighted by Gasteiger charge is -2.20. The second-order valence-electron chi connectivity index (χ2n) is 5.76. The van der Waals surface area contributed by atoms with Crippen molar-refractivity contribution in [2.24, 2.45) is 0 Å². The fourth-order valence-electron chi connectivity index (χ4n) is 2.77. The first-order chi connectivity index (χ1) is 10.6. The standard InChI is InChI=1S/C17H21FN4/c1-12(15-6-5-14(18)11-19-15)20-16-7-8-17(21-13(16)2)22-9-3-4-10-22/h5-8,11-12,20H,3-4,9-10H2,1-2H3. The van der Waals surface area contributed by atoms with Gasteiger partial charge in [-0.2, -0.15) is 0 Å². The van der Waals surface area contributed by atoms with Crippen LogP contribution in [0.1, 0.15) is 37.2 Å². The summed E-state index contributed by atoms with van der Waals surface area (Å²) in [4.78, 5) is 11.1. The molecule has 0 radical (unpaired) electrons. The third kappa shape index (κ3) is 3.18. The number of nitrogens with one attached hydrogen (secondary N) is 1. The van der Waals surface area contributed by atoms with Crippen molar-refractivity contribution in [1.82, 2.24) is 9.97 Å². The quantitative estimate of drug-likeness (QED) is 0.935. The Morgan fingerprint density at radius 2 is 1.95 bits per heavy atom. The molecule has 3 rings (SSSR count). The SMILES string of the molecule is Cc1nc(N2CCCC2)ccc1NC(C)c1ccc(F)cn1. The van der Waals surface area contributed by atoms with Crippen molar-refractivity contribution in [3.63, 3.8) is 0 Å². The first-order valence-corrected chi connectivity index (χ1v) is 7.74. The molecule has 0 saturated carbocycles. The molecule has 116 valence electrons. The highest BCUT2D eigenvalue weighted by Gasteiger charge is 2.15. The monoisotopic (exact) mass is 300 g/mol. The third-order valence-electron chi connectivity index (χ3n) is 4.07. The molecule has 2 aromatic heterocycles. The first kappa shape index (κ1) is 14.8. The largest absolute Gasteiger partial charge is 0.375 e. The lowest BCUT2D eigenvalue weighted by atomic mass is 10.2. The molecule has 1 N–H and O–H groups in total. The van der Waals surface area contributed by atoms with E-state index in [1.165, 1.54) is 25.1 Å². The maximum atomic E-state index is 12.9. The van der Waals surface area contributed by atoms with Crippen molar-refractivity contribution < 1.29 is 4.39 Å². The highest BCUT2D eigenvalue weighted by atomic mass is 19.1. The summed E-state index contributed by atoms with van der Waals surface area (Å²) in [6.07, 6.45) is 3.73. The summed E-state index contributed by atoms with van der Waals surface area (Å²) in [5.74, 6) is 0.733. The maximum Gasteiger partial charge on any atom is 0.141 e. The topological polar surface area (TPSA) is 41.1 Å². The predicted molar refractivity (Wildman–Crippen MR) is 86.7 cm³/mol. The van der Waals surface area contributed by atoms with Crippen molar-refractivity contribution in [2.75, 3.05) is 23.3 Å². The number of hydrogen-bond donors (Lipinski definition) is 1. The number of rotatable bonds is 4. The fourth-order valence-corrected chi connectivity index (χ4v) is 2.77. The van der Waals surface area contributed by atoms with Crippen molar-refractivity contribution in [3.8, 4) is 0 Å². The second kappa shape index (κ2) is 6.30. The predicted octanol–water partition coefficient (Wildman–Crippen LogP) is 3.70. The Hall–Kier alpha value is -2.17. The van der Waals surface area contributed by atoms with E-state index in [2.05, 4.69) is 27.3 Å². The summed E-state index contributed by atoms with van der Waals surface area (Å²) in [5, 5.41) is 3.40. The van der Waals surface area contributed by atoms with Crippen LogP contribution in [0.15, 0.2) is 30.5 Å². The summed E-state index contributed by atoms with van der Waals surface area (Å²) in [6, 6.07) is 7.26. The van der Waals surface area contributed by atoms with Crippen LogP contribution in [0.4, 0.5) is 15.9 Å². The zero-order valence-electron chi connectivity index (χ0n) is 13.0. The zero-order valence-corrected chi connectivity index (χ0v) is 13.0. The van der Waals surface area contributed by atoms with Gasteiger partial charge in [0.25, 0.3) is 0 Å². The summed E-state index contributed by atoms with van der Waals surface area (Å²) >= 11 is 0. The maximum absolute atomic E-state index is 12.9. The van der Waals surface area contributed by atoms with E-state index in [0.29, 0.717) is 0 Å². The van der Waals surface area contributed by atoms with Gasteiger partial charge in [-0.05, 0) is 51.0 Å². The highest BCUT2D eigenvalue weighted by molar-refractivity contribution is 5.54. The summed E-state index contributed by atoms with van der Waals surface area (Å²) in [7, 11) is 0. The summed E-state index contributed by atoms with van der Waals surface area (Å²) in [5.41, 5.74) is 2.77. The lowest BCUT2D eigenvalue weighted by Crippen LogP contribution is -2.19. The van der Waals surface area contributed by atoms with Crippen LogP contribution in [0.3, 0.4) is 0 Å². The molecule has 0 bridgehead atoms. The van der Waals surface area contributed by atoms with Gasteiger partial charge < -0.3 is 10.2 Å². The minimum atomic E-state index is -0.316. The van der Waals surface area contributed by atoms with E-state index >= 15 is 0 Å². The van der Waals surface area contributed by atoms with Crippen LogP contribution in [0.5, 0.6) is 0 Å². The van der Waals surface area contributed by atoms with E-state index in [0.717, 1.165) is 36.0 Å². The molecule has 5 heteroatoms. The van der Waals surface area contributed by atoms with Gasteiger partial charge in [0.15, 0.2) is 0 Å². The van der Waals surface area contributed by atoms with E-state index in [1.54, 1.807) is 6.07 Å². The Balaban J connectivity index is 1.73. The smallest absolute Gasteiger partial charge is 0.141 e. The molecule has 3 heterocycles. The van der Waals surface area contributed by atoms with Crippen molar-refractivity contribution >= 4 is 11.5 Å². The minimum absolute atomic E-state index is 0.00117. The number of aromatic nitrogens is 2. The van der Waals surface area contributed by atoms with Crippen molar-refractivity contribution in [2.45, 2.75) is 32.7 Å². The van der Waals surface area contributed by atoms with Gasteiger partial charge in [0, 0.05) is 13.1 Å². The van der Waals surface area contributed by atoms with E-state index in [-0.39, 0.29) is 11.9 Å². The lowest BCUT2D eigenvalue weighted by molar-refractivity contribution is 0.617. The summed E-state index contributed by atoms with van der Waals surface area (Å²) in [6.45, 7) is 6.20. The number of pyridine rings is 2. The number of nitrogens with zero attached hydrogens (tertiary/aromatic N) is 3. The molecular formula is C17H21FN4. The molecule has 0 amide bonds. The molecule has 4 nitrogen and oxygen atoms in total. The van der Waals surface area contributed by atoms with Crippen LogP contribution < -0.4 is 10.2 Å². The van der Waals surface area contributed by atoms with Crippen LogP contribution in [0, 0.1) is 12.7 Å². The molecule has 22 heavy (non-hydrogen) atoms. The Labute approximate surface area is 130 Å². The van der Waals surface area contributed by atoms with Gasteiger partial charge in [-0.3, -0.25) is 4.98 Å². The van der Waals surface area contributed by atoms with Crippen LogP contribution >= 0.6 is 0 Å². The highest BCUT2D eigenvalue weighted by Crippen LogP contribution is 2.24. The van der Waals surface area contributed by atoms with Gasteiger partial charge in [-0.25, -0.2) is 9.37 Å².